The minimum absolute atomic E-state index is 0.0246. The predicted molar refractivity (Wildman–Crippen MR) is 174 cm³/mol. The Bertz CT molecular complexity index is 805. The number of hydrogen-bond donors (Lipinski definition) is 0. The van der Waals surface area contributed by atoms with E-state index in [9.17, 15) is 0 Å². The lowest BCUT2D eigenvalue weighted by Gasteiger charge is -2.71. The monoisotopic (exact) mass is 616 g/mol. The van der Waals surface area contributed by atoms with Crippen molar-refractivity contribution in [1.29, 1.82) is 0 Å². The maximum absolute atomic E-state index is 6.18. The quantitative estimate of drug-likeness (QED) is 0.0991. The first-order valence-corrected chi connectivity index (χ1v) is 18.1. The number of terminal acetylenes is 1. The second-order valence-electron chi connectivity index (χ2n) is 17.1. The van der Waals surface area contributed by atoms with Crippen molar-refractivity contribution >= 4 is 30.7 Å². The highest BCUT2D eigenvalue weighted by Crippen LogP contribution is 2.74. The fourth-order valence-electron chi connectivity index (χ4n) is 6.95. The van der Waals surface area contributed by atoms with E-state index in [2.05, 4.69) is 173 Å². The Labute approximate surface area is 238 Å². The zero-order valence-corrected chi connectivity index (χ0v) is 31.2. The van der Waals surface area contributed by atoms with Crippen molar-refractivity contribution in [2.75, 3.05) is 0 Å². The summed E-state index contributed by atoms with van der Waals surface area (Å²) in [5.41, 5.74) is 3.84. The van der Waals surface area contributed by atoms with Crippen LogP contribution in [-0.4, -0.2) is 12.0 Å². The summed E-state index contributed by atoms with van der Waals surface area (Å²) in [4.78, 5) is 0. The van der Waals surface area contributed by atoms with Crippen molar-refractivity contribution in [3.8, 4) is 12.0 Å². The molecule has 0 aromatic rings. The van der Waals surface area contributed by atoms with Gasteiger partial charge in [-0.05, 0) is 48.4 Å². The molecule has 1 atom stereocenters. The summed E-state index contributed by atoms with van der Waals surface area (Å²) in [7, 11) is -1.91. The zero-order chi connectivity index (χ0) is 29.3. The Kier molecular flexibility index (Phi) is 9.45. The van der Waals surface area contributed by atoms with Crippen molar-refractivity contribution in [2.24, 2.45) is 43.3 Å². The van der Waals surface area contributed by atoms with Crippen molar-refractivity contribution < 1.29 is 0 Å². The molecular weight excluding hydrogens is 551 g/mol. The van der Waals surface area contributed by atoms with E-state index in [1.165, 1.54) is 0 Å². The standard InChI is InChI=1S/C33H65ISi/c1-23-35(21,22)33(19,20)32(17,18)31(15,16)30(13,14)29(11,12)28(9,10)27(7,8)26(5,6)25(3,4)24(2)34/h1,24H,2-22H3. The average molecular weight is 617 g/mol. The van der Waals surface area contributed by atoms with Gasteiger partial charge in [0, 0.05) is 3.92 Å². The van der Waals surface area contributed by atoms with Gasteiger partial charge in [-0.2, -0.15) is 0 Å². The molecule has 0 fully saturated rings. The van der Waals surface area contributed by atoms with Crippen molar-refractivity contribution in [2.45, 2.75) is 154 Å². The summed E-state index contributed by atoms with van der Waals surface area (Å²) in [6, 6.07) is 0. The van der Waals surface area contributed by atoms with E-state index in [1.807, 2.05) is 0 Å². The molecule has 0 aliphatic heterocycles. The second kappa shape index (κ2) is 9.31. The molecule has 0 spiro atoms. The van der Waals surface area contributed by atoms with Gasteiger partial charge in [-0.15, -0.1) is 12.0 Å². The van der Waals surface area contributed by atoms with Gasteiger partial charge in [-0.25, -0.2) is 0 Å². The van der Waals surface area contributed by atoms with Crippen LogP contribution in [0.4, 0.5) is 0 Å². The van der Waals surface area contributed by atoms with Crippen LogP contribution in [-0.2, 0) is 0 Å². The highest BCUT2D eigenvalue weighted by molar-refractivity contribution is 14.1. The Morgan fingerprint density at radius 2 is 0.743 bits per heavy atom. The van der Waals surface area contributed by atoms with Crippen LogP contribution in [0.5, 0.6) is 0 Å². The minimum Gasteiger partial charge on any atom is -0.135 e. The summed E-state index contributed by atoms with van der Waals surface area (Å²) in [6.07, 6.45) is 6.18. The summed E-state index contributed by atoms with van der Waals surface area (Å²) in [5.74, 6) is 0. The topological polar surface area (TPSA) is 0 Å². The first-order chi connectivity index (χ1) is 14.8. The number of alkyl halides is 1. The summed E-state index contributed by atoms with van der Waals surface area (Å²) in [6.45, 7) is 52.5. The van der Waals surface area contributed by atoms with Gasteiger partial charge in [0.15, 0.2) is 0 Å². The maximum atomic E-state index is 6.18. The predicted octanol–water partition coefficient (Wildman–Crippen LogP) is 11.7. The molecule has 0 N–H and O–H groups in total. The third-order valence-corrected chi connectivity index (χ3v) is 21.5. The van der Waals surface area contributed by atoms with Crippen LogP contribution in [0, 0.1) is 55.3 Å². The van der Waals surface area contributed by atoms with E-state index < -0.39 is 8.07 Å². The van der Waals surface area contributed by atoms with Crippen LogP contribution in [0.2, 0.25) is 18.1 Å². The highest BCUT2D eigenvalue weighted by Gasteiger charge is 2.68. The van der Waals surface area contributed by atoms with Crippen LogP contribution in [0.15, 0.2) is 0 Å². The third kappa shape index (κ3) is 4.45. The third-order valence-electron chi connectivity index (χ3n) is 15.5. The number of halogens is 1. The molecule has 35 heavy (non-hydrogen) atoms. The lowest BCUT2D eigenvalue weighted by molar-refractivity contribution is -0.213. The van der Waals surface area contributed by atoms with Crippen molar-refractivity contribution in [1.82, 2.24) is 0 Å². The molecule has 0 heterocycles. The lowest BCUT2D eigenvalue weighted by Crippen LogP contribution is -2.65. The van der Waals surface area contributed by atoms with Gasteiger partial charge in [-0.3, -0.25) is 0 Å². The van der Waals surface area contributed by atoms with Crippen LogP contribution in [0.1, 0.15) is 132 Å². The fourth-order valence-corrected chi connectivity index (χ4v) is 9.97. The van der Waals surface area contributed by atoms with Gasteiger partial charge >= 0.3 is 0 Å². The van der Waals surface area contributed by atoms with E-state index in [-0.39, 0.29) is 48.4 Å². The smallest absolute Gasteiger partial charge is 0.135 e. The molecule has 0 nitrogen and oxygen atoms in total. The minimum atomic E-state index is -1.91. The van der Waals surface area contributed by atoms with E-state index in [4.69, 9.17) is 6.42 Å². The Balaban J connectivity index is 7.14. The van der Waals surface area contributed by atoms with Gasteiger partial charge in [0.1, 0.15) is 8.07 Å². The molecule has 208 valence electrons. The molecule has 0 aliphatic carbocycles. The molecular formula is C33H65ISi. The second-order valence-corrected chi connectivity index (χ2v) is 23.8. The van der Waals surface area contributed by atoms with Crippen molar-refractivity contribution in [3.05, 3.63) is 0 Å². The fraction of sp³-hybridized carbons (Fsp3) is 0.939. The van der Waals surface area contributed by atoms with Crippen LogP contribution in [0.25, 0.3) is 0 Å². The maximum Gasteiger partial charge on any atom is 0.138 e. The van der Waals surface area contributed by atoms with Crippen LogP contribution < -0.4 is 0 Å². The van der Waals surface area contributed by atoms with E-state index in [1.54, 1.807) is 0 Å². The first kappa shape index (κ1) is 35.5. The van der Waals surface area contributed by atoms with Gasteiger partial charge in [0.2, 0.25) is 0 Å². The molecule has 0 radical (unpaired) electrons. The summed E-state index contributed by atoms with van der Waals surface area (Å²) in [5, 5.41) is 0.0726. The Hall–Kier alpha value is 0.507. The van der Waals surface area contributed by atoms with E-state index >= 15 is 0 Å². The molecule has 1 unspecified atom stereocenters. The van der Waals surface area contributed by atoms with Gasteiger partial charge in [0.05, 0.1) is 0 Å². The van der Waals surface area contributed by atoms with Gasteiger partial charge < -0.3 is 0 Å². The number of hydrogen-bond acceptors (Lipinski definition) is 0. The zero-order valence-electron chi connectivity index (χ0n) is 28.0. The largest absolute Gasteiger partial charge is 0.138 e. The molecule has 0 saturated heterocycles. The average Bonchev–Trinajstić information content (AvgIpc) is 2.66. The van der Waals surface area contributed by atoms with Crippen LogP contribution in [0.3, 0.4) is 0 Å². The Morgan fingerprint density at radius 1 is 0.514 bits per heavy atom. The van der Waals surface area contributed by atoms with Gasteiger partial charge in [0.25, 0.3) is 0 Å². The lowest BCUT2D eigenvalue weighted by atomic mass is 9.35. The molecule has 0 aliphatic rings. The Morgan fingerprint density at radius 3 is 0.971 bits per heavy atom. The molecule has 0 amide bonds. The summed E-state index contributed by atoms with van der Waals surface area (Å²) >= 11 is 2.65. The van der Waals surface area contributed by atoms with E-state index in [0.717, 1.165) is 0 Å². The molecule has 0 saturated carbocycles. The van der Waals surface area contributed by atoms with E-state index in [0.29, 0.717) is 3.92 Å². The van der Waals surface area contributed by atoms with Crippen LogP contribution >= 0.6 is 22.6 Å². The first-order valence-electron chi connectivity index (χ1n) is 13.9. The molecule has 2 heteroatoms. The highest BCUT2D eigenvalue weighted by atomic mass is 127. The molecule has 0 aromatic heterocycles. The molecule has 0 rings (SSSR count). The van der Waals surface area contributed by atoms with Crippen molar-refractivity contribution in [3.63, 3.8) is 0 Å². The molecule has 0 aromatic carbocycles. The molecule has 0 bridgehead atoms. The SMILES string of the molecule is C#C[Si](C)(C)C(C)(C)C(C)(C)C(C)(C)C(C)(C)C(C)(C)C(C)(C)C(C)(C)C(C)(C)C(C)(C)C(C)I. The normalized spacial score (nSPS) is 17.3. The van der Waals surface area contributed by atoms with Gasteiger partial charge in [-0.1, -0.05) is 167 Å². The number of rotatable bonds is 10. The summed E-state index contributed by atoms with van der Waals surface area (Å²) < 4.78 is 0.577.